The van der Waals surface area contributed by atoms with E-state index in [0.29, 0.717) is 0 Å². The van der Waals surface area contributed by atoms with E-state index in [9.17, 15) is 0 Å². The number of nitrogens with one attached hydrogen (secondary N) is 2. The molecule has 14 heavy (non-hydrogen) atoms. The third kappa shape index (κ3) is 9.78. The monoisotopic (exact) mass is 216 g/mol. The lowest BCUT2D eigenvalue weighted by atomic mass is 10.1. The van der Waals surface area contributed by atoms with Gasteiger partial charge in [-0.3, -0.25) is 0 Å². The van der Waals surface area contributed by atoms with Crippen molar-refractivity contribution in [3.8, 4) is 0 Å². The lowest BCUT2D eigenvalue weighted by Gasteiger charge is -2.12. The first-order valence-corrected chi connectivity index (χ1v) is 5.95. The van der Waals surface area contributed by atoms with Crippen molar-refractivity contribution in [2.75, 3.05) is 13.1 Å². The van der Waals surface area contributed by atoms with Gasteiger partial charge in [0.05, 0.1) is 0 Å². The fraction of sp³-hybridized carbons (Fsp3) is 0.909. The summed E-state index contributed by atoms with van der Waals surface area (Å²) in [5, 5.41) is 7.21. The SMILES string of the molecule is CC(C)CCNC(=S)NCCC(C)C. The van der Waals surface area contributed by atoms with Crippen molar-refractivity contribution in [3.63, 3.8) is 0 Å². The van der Waals surface area contributed by atoms with Crippen LogP contribution in [-0.2, 0) is 0 Å². The molecule has 0 amide bonds. The van der Waals surface area contributed by atoms with Crippen LogP contribution in [0.25, 0.3) is 0 Å². The molecule has 0 atom stereocenters. The average Bonchev–Trinajstić information content (AvgIpc) is 2.02. The highest BCUT2D eigenvalue weighted by atomic mass is 32.1. The number of hydrogen-bond donors (Lipinski definition) is 2. The van der Waals surface area contributed by atoms with Gasteiger partial charge < -0.3 is 10.6 Å². The second-order valence-electron chi connectivity index (χ2n) is 4.55. The summed E-state index contributed by atoms with van der Waals surface area (Å²) >= 11 is 5.14. The Morgan fingerprint density at radius 3 is 1.57 bits per heavy atom. The Morgan fingerprint density at radius 2 is 1.29 bits per heavy atom. The van der Waals surface area contributed by atoms with Crippen LogP contribution in [-0.4, -0.2) is 18.2 Å². The largest absolute Gasteiger partial charge is 0.363 e. The smallest absolute Gasteiger partial charge is 0.166 e. The Bertz CT molecular complexity index is 139. The summed E-state index contributed by atoms with van der Waals surface area (Å²) < 4.78 is 0. The van der Waals surface area contributed by atoms with E-state index in [1.807, 2.05) is 0 Å². The summed E-state index contributed by atoms with van der Waals surface area (Å²) in [6.45, 7) is 10.8. The Balaban J connectivity index is 3.28. The first-order chi connectivity index (χ1) is 6.52. The zero-order valence-corrected chi connectivity index (χ0v) is 10.7. The number of hydrogen-bond acceptors (Lipinski definition) is 1. The van der Waals surface area contributed by atoms with E-state index in [1.54, 1.807) is 0 Å². The Morgan fingerprint density at radius 1 is 0.929 bits per heavy atom. The second kappa shape index (κ2) is 8.04. The molecule has 0 unspecified atom stereocenters. The minimum Gasteiger partial charge on any atom is -0.363 e. The van der Waals surface area contributed by atoms with Gasteiger partial charge >= 0.3 is 0 Å². The molecular weight excluding hydrogens is 192 g/mol. The molecule has 0 aromatic carbocycles. The lowest BCUT2D eigenvalue weighted by molar-refractivity contribution is 0.562. The Kier molecular flexibility index (Phi) is 7.86. The number of thiocarbonyl (C=S) groups is 1. The molecular formula is C11H24N2S. The maximum absolute atomic E-state index is 5.14. The summed E-state index contributed by atoms with van der Waals surface area (Å²) in [7, 11) is 0. The van der Waals surface area contributed by atoms with E-state index in [1.165, 1.54) is 12.8 Å². The normalized spacial score (nSPS) is 10.7. The Hall–Kier alpha value is -0.310. The van der Waals surface area contributed by atoms with E-state index in [4.69, 9.17) is 12.2 Å². The standard InChI is InChI=1S/C11H24N2S/c1-9(2)5-7-12-11(14)13-8-6-10(3)4/h9-10H,5-8H2,1-4H3,(H2,12,13,14). The highest BCUT2D eigenvalue weighted by Crippen LogP contribution is 1.97. The summed E-state index contributed by atoms with van der Waals surface area (Å²) in [6.07, 6.45) is 2.35. The van der Waals surface area contributed by atoms with Gasteiger partial charge in [-0.15, -0.1) is 0 Å². The molecule has 0 aromatic heterocycles. The zero-order valence-electron chi connectivity index (χ0n) is 9.89. The molecule has 0 spiro atoms. The topological polar surface area (TPSA) is 24.1 Å². The molecule has 0 fully saturated rings. The van der Waals surface area contributed by atoms with Crippen molar-refractivity contribution in [2.24, 2.45) is 11.8 Å². The van der Waals surface area contributed by atoms with E-state index >= 15 is 0 Å². The molecule has 0 radical (unpaired) electrons. The van der Waals surface area contributed by atoms with Crippen LogP contribution in [0.3, 0.4) is 0 Å². The summed E-state index contributed by atoms with van der Waals surface area (Å²) in [4.78, 5) is 0. The van der Waals surface area contributed by atoms with Crippen molar-refractivity contribution < 1.29 is 0 Å². The molecule has 0 aliphatic carbocycles. The highest BCUT2D eigenvalue weighted by Gasteiger charge is 1.97. The third-order valence-electron chi connectivity index (χ3n) is 2.01. The van der Waals surface area contributed by atoms with Crippen LogP contribution in [0.5, 0.6) is 0 Å². The van der Waals surface area contributed by atoms with Gasteiger partial charge in [-0.1, -0.05) is 27.7 Å². The van der Waals surface area contributed by atoms with Gasteiger partial charge in [0.1, 0.15) is 0 Å². The summed E-state index contributed by atoms with van der Waals surface area (Å²) in [6, 6.07) is 0. The van der Waals surface area contributed by atoms with Crippen LogP contribution < -0.4 is 10.6 Å². The lowest BCUT2D eigenvalue weighted by Crippen LogP contribution is -2.36. The van der Waals surface area contributed by atoms with Crippen molar-refractivity contribution in [1.82, 2.24) is 10.6 Å². The van der Waals surface area contributed by atoms with Crippen molar-refractivity contribution >= 4 is 17.3 Å². The molecule has 0 heterocycles. The first-order valence-electron chi connectivity index (χ1n) is 5.54. The molecule has 0 aliphatic heterocycles. The molecule has 84 valence electrons. The van der Waals surface area contributed by atoms with Gasteiger partial charge in [-0.25, -0.2) is 0 Å². The number of rotatable bonds is 6. The highest BCUT2D eigenvalue weighted by molar-refractivity contribution is 7.80. The van der Waals surface area contributed by atoms with Crippen LogP contribution in [0.4, 0.5) is 0 Å². The molecule has 2 N–H and O–H groups in total. The summed E-state index contributed by atoms with van der Waals surface area (Å²) in [5.74, 6) is 1.47. The maximum atomic E-state index is 5.14. The van der Waals surface area contributed by atoms with E-state index in [2.05, 4.69) is 38.3 Å². The molecule has 0 saturated heterocycles. The van der Waals surface area contributed by atoms with Gasteiger partial charge in [0.2, 0.25) is 0 Å². The van der Waals surface area contributed by atoms with Gasteiger partial charge in [-0.2, -0.15) is 0 Å². The molecule has 2 nitrogen and oxygen atoms in total. The predicted octanol–water partition coefficient (Wildman–Crippen LogP) is 2.54. The molecule has 0 saturated carbocycles. The minimum atomic E-state index is 0.737. The van der Waals surface area contributed by atoms with Crippen LogP contribution in [0.15, 0.2) is 0 Å². The molecule has 0 aliphatic rings. The van der Waals surface area contributed by atoms with Crippen LogP contribution >= 0.6 is 12.2 Å². The van der Waals surface area contributed by atoms with E-state index in [-0.39, 0.29) is 0 Å². The van der Waals surface area contributed by atoms with Gasteiger partial charge in [0, 0.05) is 13.1 Å². The van der Waals surface area contributed by atoms with Gasteiger partial charge in [-0.05, 0) is 36.9 Å². The Labute approximate surface area is 93.8 Å². The quantitative estimate of drug-likeness (QED) is 0.667. The van der Waals surface area contributed by atoms with Crippen LogP contribution in [0, 0.1) is 11.8 Å². The van der Waals surface area contributed by atoms with Crippen LogP contribution in [0.2, 0.25) is 0 Å². The van der Waals surface area contributed by atoms with Gasteiger partial charge in [0.15, 0.2) is 5.11 Å². The first kappa shape index (κ1) is 13.7. The minimum absolute atomic E-state index is 0.737. The molecule has 0 aromatic rings. The van der Waals surface area contributed by atoms with E-state index in [0.717, 1.165) is 30.0 Å². The predicted molar refractivity (Wildman–Crippen MR) is 67.5 cm³/mol. The molecule has 0 bridgehead atoms. The zero-order chi connectivity index (χ0) is 11.0. The van der Waals surface area contributed by atoms with Crippen molar-refractivity contribution in [3.05, 3.63) is 0 Å². The summed E-state index contributed by atoms with van der Waals surface area (Å²) in [5.41, 5.74) is 0. The van der Waals surface area contributed by atoms with E-state index < -0.39 is 0 Å². The maximum Gasteiger partial charge on any atom is 0.166 e. The third-order valence-corrected chi connectivity index (χ3v) is 2.30. The second-order valence-corrected chi connectivity index (χ2v) is 4.96. The molecule has 3 heteroatoms. The van der Waals surface area contributed by atoms with Crippen molar-refractivity contribution in [2.45, 2.75) is 40.5 Å². The fourth-order valence-electron chi connectivity index (χ4n) is 1.01. The van der Waals surface area contributed by atoms with Gasteiger partial charge in [0.25, 0.3) is 0 Å². The van der Waals surface area contributed by atoms with Crippen LogP contribution in [0.1, 0.15) is 40.5 Å². The fourth-order valence-corrected chi connectivity index (χ4v) is 1.22. The van der Waals surface area contributed by atoms with Crippen molar-refractivity contribution in [1.29, 1.82) is 0 Å². The average molecular weight is 216 g/mol. The molecule has 0 rings (SSSR count).